The average molecular weight is 238 g/mol. The van der Waals surface area contributed by atoms with Gasteiger partial charge in [0, 0.05) is 13.0 Å². The van der Waals surface area contributed by atoms with Gasteiger partial charge in [0.05, 0.1) is 5.56 Å². The zero-order valence-electron chi connectivity index (χ0n) is 11.2. The van der Waals surface area contributed by atoms with E-state index in [1.165, 1.54) is 0 Å². The normalized spacial score (nSPS) is 10.9. The maximum atomic E-state index is 5.84. The Labute approximate surface area is 103 Å². The Morgan fingerprint density at radius 1 is 1.29 bits per heavy atom. The van der Waals surface area contributed by atoms with Crippen LogP contribution in [-0.4, -0.2) is 42.1 Å². The number of aromatic nitrogens is 2. The fourth-order valence-corrected chi connectivity index (χ4v) is 1.36. The summed E-state index contributed by atoms with van der Waals surface area (Å²) in [5, 5.41) is 0. The number of hydrogen-bond acceptors (Lipinski definition) is 5. The van der Waals surface area contributed by atoms with Gasteiger partial charge in [-0.05, 0) is 27.4 Å². The van der Waals surface area contributed by atoms with E-state index in [1.807, 2.05) is 21.0 Å². The molecule has 0 fully saturated rings. The van der Waals surface area contributed by atoms with Gasteiger partial charge in [0.25, 0.3) is 0 Å². The maximum Gasteiger partial charge on any atom is 0.221 e. The summed E-state index contributed by atoms with van der Waals surface area (Å²) in [7, 11) is 4.01. The number of nitrogens with zero attached hydrogens (tertiary/aromatic N) is 3. The number of nitrogens with two attached hydrogens (primary N) is 1. The largest absolute Gasteiger partial charge is 0.476 e. The molecule has 0 aliphatic carbocycles. The van der Waals surface area contributed by atoms with Crippen molar-refractivity contribution in [3.63, 3.8) is 0 Å². The molecule has 1 rings (SSSR count). The third kappa shape index (κ3) is 4.19. The van der Waals surface area contributed by atoms with E-state index in [2.05, 4.69) is 21.8 Å². The highest BCUT2D eigenvalue weighted by Crippen LogP contribution is 2.19. The molecule has 0 saturated carbocycles. The van der Waals surface area contributed by atoms with E-state index < -0.39 is 0 Å². The summed E-state index contributed by atoms with van der Waals surface area (Å²) in [6, 6.07) is 0. The third-order valence-corrected chi connectivity index (χ3v) is 2.44. The van der Waals surface area contributed by atoms with Gasteiger partial charge < -0.3 is 15.4 Å². The minimum absolute atomic E-state index is 0.517. The van der Waals surface area contributed by atoms with Crippen LogP contribution in [0.1, 0.15) is 24.7 Å². The Morgan fingerprint density at radius 2 is 2.00 bits per heavy atom. The summed E-state index contributed by atoms with van der Waals surface area (Å²) in [6.07, 6.45) is 1.83. The van der Waals surface area contributed by atoms with Gasteiger partial charge in [0.15, 0.2) is 0 Å². The maximum absolute atomic E-state index is 5.84. The number of ether oxygens (including phenoxy) is 1. The lowest BCUT2D eigenvalue weighted by Crippen LogP contribution is -2.20. The van der Waals surface area contributed by atoms with Gasteiger partial charge in [-0.25, -0.2) is 4.98 Å². The molecule has 96 valence electrons. The Kier molecular flexibility index (Phi) is 5.15. The minimum Gasteiger partial charge on any atom is -0.476 e. The Bertz CT molecular complexity index is 366. The molecular weight excluding hydrogens is 216 g/mol. The van der Waals surface area contributed by atoms with Crippen molar-refractivity contribution in [1.29, 1.82) is 0 Å². The van der Waals surface area contributed by atoms with E-state index in [-0.39, 0.29) is 0 Å². The quantitative estimate of drug-likeness (QED) is 0.808. The second-order valence-corrected chi connectivity index (χ2v) is 4.36. The molecule has 0 bridgehead atoms. The van der Waals surface area contributed by atoms with Crippen LogP contribution in [0, 0.1) is 6.92 Å². The fraction of sp³-hybridized carbons (Fsp3) is 0.667. The summed E-state index contributed by atoms with van der Waals surface area (Å²) in [4.78, 5) is 10.7. The number of likely N-dealkylation sites (N-methyl/N-ethyl adjacent to an activating group) is 1. The molecule has 5 heteroatoms. The zero-order chi connectivity index (χ0) is 12.8. The second-order valence-electron chi connectivity index (χ2n) is 4.36. The van der Waals surface area contributed by atoms with Gasteiger partial charge in [0.1, 0.15) is 18.2 Å². The van der Waals surface area contributed by atoms with Gasteiger partial charge in [-0.15, -0.1) is 0 Å². The summed E-state index contributed by atoms with van der Waals surface area (Å²) in [6.45, 7) is 5.43. The van der Waals surface area contributed by atoms with E-state index in [4.69, 9.17) is 10.5 Å². The van der Waals surface area contributed by atoms with Crippen LogP contribution >= 0.6 is 0 Å². The van der Waals surface area contributed by atoms with Crippen molar-refractivity contribution >= 4 is 5.82 Å². The van der Waals surface area contributed by atoms with Gasteiger partial charge in [-0.1, -0.05) is 6.92 Å². The fourth-order valence-electron chi connectivity index (χ4n) is 1.36. The molecule has 0 aromatic carbocycles. The van der Waals surface area contributed by atoms with Crippen LogP contribution in [0.25, 0.3) is 0 Å². The molecule has 0 amide bonds. The average Bonchev–Trinajstić information content (AvgIpc) is 2.24. The molecule has 0 aliphatic rings. The molecule has 0 atom stereocenters. The Morgan fingerprint density at radius 3 is 2.59 bits per heavy atom. The molecule has 1 heterocycles. The molecule has 2 N–H and O–H groups in total. The predicted octanol–water partition coefficient (Wildman–Crippen LogP) is 1.26. The Balaban J connectivity index is 2.75. The third-order valence-electron chi connectivity index (χ3n) is 2.44. The summed E-state index contributed by atoms with van der Waals surface area (Å²) in [5.41, 5.74) is 6.66. The SMILES string of the molecule is CCCc1nc(N)c(C)c(OCCN(C)C)n1. The van der Waals surface area contributed by atoms with Crippen molar-refractivity contribution in [3.05, 3.63) is 11.4 Å². The first-order chi connectivity index (χ1) is 8.04. The lowest BCUT2D eigenvalue weighted by atomic mass is 10.3. The lowest BCUT2D eigenvalue weighted by molar-refractivity contribution is 0.251. The van der Waals surface area contributed by atoms with Crippen molar-refractivity contribution in [3.8, 4) is 5.88 Å². The van der Waals surface area contributed by atoms with Crippen LogP contribution in [0.15, 0.2) is 0 Å². The van der Waals surface area contributed by atoms with Crippen molar-refractivity contribution in [2.45, 2.75) is 26.7 Å². The zero-order valence-corrected chi connectivity index (χ0v) is 11.2. The van der Waals surface area contributed by atoms with Crippen LogP contribution in [0.3, 0.4) is 0 Å². The number of hydrogen-bond donors (Lipinski definition) is 1. The summed E-state index contributed by atoms with van der Waals surface area (Å²) < 4.78 is 5.64. The van der Waals surface area contributed by atoms with Crippen LogP contribution in [-0.2, 0) is 6.42 Å². The number of anilines is 1. The molecule has 1 aromatic rings. The van der Waals surface area contributed by atoms with Crippen LogP contribution in [0.4, 0.5) is 5.82 Å². The standard InChI is InChI=1S/C12H22N4O/c1-5-6-10-14-11(13)9(2)12(15-10)17-8-7-16(3)4/h5-8H2,1-4H3,(H2,13,14,15). The number of rotatable bonds is 6. The van der Waals surface area contributed by atoms with Crippen molar-refractivity contribution in [1.82, 2.24) is 14.9 Å². The molecule has 0 aliphatic heterocycles. The minimum atomic E-state index is 0.517. The molecule has 0 radical (unpaired) electrons. The van der Waals surface area contributed by atoms with Gasteiger partial charge >= 0.3 is 0 Å². The molecular formula is C12H22N4O. The molecule has 0 spiro atoms. The molecule has 17 heavy (non-hydrogen) atoms. The van der Waals surface area contributed by atoms with Crippen molar-refractivity contribution < 1.29 is 4.74 Å². The summed E-state index contributed by atoms with van der Waals surface area (Å²) in [5.74, 6) is 1.89. The predicted molar refractivity (Wildman–Crippen MR) is 69.2 cm³/mol. The van der Waals surface area contributed by atoms with Gasteiger partial charge in [-0.2, -0.15) is 4.98 Å². The highest BCUT2D eigenvalue weighted by atomic mass is 16.5. The van der Waals surface area contributed by atoms with Crippen LogP contribution in [0.5, 0.6) is 5.88 Å². The topological polar surface area (TPSA) is 64.3 Å². The van der Waals surface area contributed by atoms with E-state index in [9.17, 15) is 0 Å². The second kappa shape index (κ2) is 6.39. The highest BCUT2D eigenvalue weighted by Gasteiger charge is 2.09. The van der Waals surface area contributed by atoms with Crippen molar-refractivity contribution in [2.75, 3.05) is 33.0 Å². The molecule has 1 aromatic heterocycles. The first-order valence-electron chi connectivity index (χ1n) is 5.95. The van der Waals surface area contributed by atoms with E-state index in [0.717, 1.165) is 30.8 Å². The summed E-state index contributed by atoms with van der Waals surface area (Å²) >= 11 is 0. The monoisotopic (exact) mass is 238 g/mol. The Hall–Kier alpha value is -1.36. The van der Waals surface area contributed by atoms with Gasteiger partial charge in [0.2, 0.25) is 5.88 Å². The first-order valence-corrected chi connectivity index (χ1v) is 5.95. The molecule has 0 unspecified atom stereocenters. The molecule has 0 saturated heterocycles. The van der Waals surface area contributed by atoms with Gasteiger partial charge in [-0.3, -0.25) is 0 Å². The highest BCUT2D eigenvalue weighted by molar-refractivity contribution is 5.44. The van der Waals surface area contributed by atoms with E-state index in [1.54, 1.807) is 0 Å². The van der Waals surface area contributed by atoms with Crippen LogP contribution in [0.2, 0.25) is 0 Å². The number of nitrogen functional groups attached to an aromatic ring is 1. The van der Waals surface area contributed by atoms with Crippen molar-refractivity contribution in [2.24, 2.45) is 0 Å². The molecule has 5 nitrogen and oxygen atoms in total. The number of aryl methyl sites for hydroxylation is 1. The smallest absolute Gasteiger partial charge is 0.221 e. The lowest BCUT2D eigenvalue weighted by Gasteiger charge is -2.13. The van der Waals surface area contributed by atoms with Crippen LogP contribution < -0.4 is 10.5 Å². The first kappa shape index (κ1) is 13.7. The van der Waals surface area contributed by atoms with E-state index in [0.29, 0.717) is 18.3 Å². The van der Waals surface area contributed by atoms with E-state index >= 15 is 0 Å².